The molecule has 1 aromatic rings. The summed E-state index contributed by atoms with van der Waals surface area (Å²) in [4.78, 5) is 6.32. The van der Waals surface area contributed by atoms with Crippen LogP contribution in [0.25, 0.3) is 0 Å². The average Bonchev–Trinajstić information content (AvgIpc) is 2.28. The highest BCUT2D eigenvalue weighted by Crippen LogP contribution is 2.19. The first-order valence-corrected chi connectivity index (χ1v) is 6.82. The molecule has 0 heterocycles. The minimum Gasteiger partial charge on any atom is -0.382 e. The summed E-state index contributed by atoms with van der Waals surface area (Å²) in [5.41, 5.74) is 0. The summed E-state index contributed by atoms with van der Waals surface area (Å²) in [6, 6.07) is 3.46. The van der Waals surface area contributed by atoms with Crippen molar-refractivity contribution in [2.24, 2.45) is 0 Å². The molecule has 0 saturated heterocycles. The fraction of sp³-hybridized carbons (Fsp3) is 0.333. The second kappa shape index (κ2) is 6.41. The SMILES string of the molecule is COCCONS(=O)(=O)c1ccc(Br)c(F)c1. The lowest BCUT2D eigenvalue weighted by molar-refractivity contribution is 0.0438. The van der Waals surface area contributed by atoms with Crippen LogP contribution < -0.4 is 4.89 Å². The van der Waals surface area contributed by atoms with Gasteiger partial charge in [0.25, 0.3) is 10.0 Å². The molecule has 1 N–H and O–H groups in total. The van der Waals surface area contributed by atoms with Crippen LogP contribution in [0.3, 0.4) is 0 Å². The fourth-order valence-corrected chi connectivity index (χ4v) is 2.02. The standard InChI is InChI=1S/C9H11BrFNO4S/c1-15-4-5-16-12-17(13,14)7-2-3-8(10)9(11)6-7/h2-3,6,12H,4-5H2,1H3. The van der Waals surface area contributed by atoms with E-state index in [1.165, 1.54) is 19.2 Å². The number of ether oxygens (including phenoxy) is 1. The molecule has 96 valence electrons. The largest absolute Gasteiger partial charge is 0.382 e. The zero-order valence-electron chi connectivity index (χ0n) is 8.94. The fourth-order valence-electron chi connectivity index (χ4n) is 0.936. The van der Waals surface area contributed by atoms with Crippen molar-refractivity contribution in [1.29, 1.82) is 0 Å². The van der Waals surface area contributed by atoms with Crippen LogP contribution in [-0.2, 0) is 19.6 Å². The number of nitrogens with one attached hydrogen (secondary N) is 1. The van der Waals surface area contributed by atoms with E-state index in [1.807, 2.05) is 4.89 Å². The Balaban J connectivity index is 2.72. The van der Waals surface area contributed by atoms with Crippen LogP contribution >= 0.6 is 15.9 Å². The van der Waals surface area contributed by atoms with Gasteiger partial charge in [-0.25, -0.2) is 12.8 Å². The third-order valence-electron chi connectivity index (χ3n) is 1.76. The summed E-state index contributed by atoms with van der Waals surface area (Å²) in [5.74, 6) is -0.662. The predicted octanol–water partition coefficient (Wildman–Crippen LogP) is 1.44. The molecule has 0 amide bonds. The van der Waals surface area contributed by atoms with Crippen LogP contribution in [0.1, 0.15) is 0 Å². The van der Waals surface area contributed by atoms with Crippen molar-refractivity contribution in [3.05, 3.63) is 28.5 Å². The molecule has 0 radical (unpaired) electrons. The monoisotopic (exact) mass is 327 g/mol. The molecule has 0 bridgehead atoms. The molecule has 0 atom stereocenters. The predicted molar refractivity (Wildman–Crippen MR) is 62.2 cm³/mol. The highest BCUT2D eigenvalue weighted by atomic mass is 79.9. The number of hydrogen-bond acceptors (Lipinski definition) is 4. The summed E-state index contributed by atoms with van der Waals surface area (Å²) in [6.07, 6.45) is 0. The van der Waals surface area contributed by atoms with Crippen molar-refractivity contribution in [3.8, 4) is 0 Å². The quantitative estimate of drug-likeness (QED) is 0.634. The van der Waals surface area contributed by atoms with Gasteiger partial charge in [0.2, 0.25) is 0 Å². The Morgan fingerprint density at radius 2 is 2.12 bits per heavy atom. The summed E-state index contributed by atoms with van der Waals surface area (Å²) in [7, 11) is -2.41. The summed E-state index contributed by atoms with van der Waals surface area (Å²) >= 11 is 2.93. The lowest BCUT2D eigenvalue weighted by atomic mass is 10.3. The van der Waals surface area contributed by atoms with Crippen LogP contribution in [0.4, 0.5) is 4.39 Å². The number of sulfonamides is 1. The number of methoxy groups -OCH3 is 1. The molecule has 0 spiro atoms. The third kappa shape index (κ3) is 4.32. The van der Waals surface area contributed by atoms with Gasteiger partial charge in [-0.1, -0.05) is 4.89 Å². The Labute approximate surface area is 107 Å². The molecule has 1 rings (SSSR count). The van der Waals surface area contributed by atoms with Gasteiger partial charge in [0.05, 0.1) is 22.6 Å². The van der Waals surface area contributed by atoms with E-state index < -0.39 is 15.8 Å². The second-order valence-corrected chi connectivity index (χ2v) is 5.50. The van der Waals surface area contributed by atoms with Gasteiger partial charge in [-0.05, 0) is 34.1 Å². The Morgan fingerprint density at radius 1 is 1.41 bits per heavy atom. The van der Waals surface area contributed by atoms with Crippen molar-refractivity contribution in [2.45, 2.75) is 4.90 Å². The van der Waals surface area contributed by atoms with E-state index in [2.05, 4.69) is 25.5 Å². The maximum Gasteiger partial charge on any atom is 0.262 e. The molecule has 0 saturated carbocycles. The molecule has 0 aliphatic rings. The smallest absolute Gasteiger partial charge is 0.262 e. The molecule has 0 fully saturated rings. The summed E-state index contributed by atoms with van der Waals surface area (Å²) in [6.45, 7) is 0.311. The lowest BCUT2D eigenvalue weighted by Gasteiger charge is -2.07. The summed E-state index contributed by atoms with van der Waals surface area (Å²) in [5, 5.41) is 0. The molecular weight excluding hydrogens is 317 g/mol. The Bertz CT molecular complexity index is 480. The maximum absolute atomic E-state index is 13.2. The lowest BCUT2D eigenvalue weighted by Crippen LogP contribution is -2.25. The first kappa shape index (κ1) is 14.5. The van der Waals surface area contributed by atoms with Crippen molar-refractivity contribution >= 4 is 26.0 Å². The van der Waals surface area contributed by atoms with E-state index in [1.54, 1.807) is 0 Å². The number of halogens is 2. The number of hydrogen-bond donors (Lipinski definition) is 1. The van der Waals surface area contributed by atoms with Gasteiger partial charge in [-0.3, -0.25) is 4.84 Å². The van der Waals surface area contributed by atoms with Crippen LogP contribution in [0.5, 0.6) is 0 Å². The van der Waals surface area contributed by atoms with E-state index in [0.29, 0.717) is 0 Å². The van der Waals surface area contributed by atoms with E-state index >= 15 is 0 Å². The molecule has 0 aliphatic heterocycles. The molecule has 0 unspecified atom stereocenters. The topological polar surface area (TPSA) is 64.6 Å². The number of benzene rings is 1. The molecule has 17 heavy (non-hydrogen) atoms. The van der Waals surface area contributed by atoms with E-state index in [-0.39, 0.29) is 22.6 Å². The highest BCUT2D eigenvalue weighted by molar-refractivity contribution is 9.10. The second-order valence-electron chi connectivity index (χ2n) is 3.00. The first-order chi connectivity index (χ1) is 7.97. The van der Waals surface area contributed by atoms with Gasteiger partial charge >= 0.3 is 0 Å². The zero-order chi connectivity index (χ0) is 12.9. The van der Waals surface area contributed by atoms with E-state index in [4.69, 9.17) is 0 Å². The molecular formula is C9H11BrFNO4S. The van der Waals surface area contributed by atoms with E-state index in [0.717, 1.165) is 6.07 Å². The third-order valence-corrected chi connectivity index (χ3v) is 3.61. The molecule has 0 aliphatic carbocycles. The number of rotatable bonds is 6. The van der Waals surface area contributed by atoms with Crippen molar-refractivity contribution in [3.63, 3.8) is 0 Å². The molecule has 5 nitrogen and oxygen atoms in total. The minimum atomic E-state index is -3.87. The Hall–Kier alpha value is -0.540. The van der Waals surface area contributed by atoms with Crippen molar-refractivity contribution in [1.82, 2.24) is 4.89 Å². The van der Waals surface area contributed by atoms with Gasteiger partial charge in [-0.2, -0.15) is 0 Å². The molecule has 0 aromatic heterocycles. The average molecular weight is 328 g/mol. The molecule has 1 aromatic carbocycles. The Kier molecular flexibility index (Phi) is 5.47. The Morgan fingerprint density at radius 3 is 2.71 bits per heavy atom. The van der Waals surface area contributed by atoms with Crippen LogP contribution in [0.2, 0.25) is 0 Å². The van der Waals surface area contributed by atoms with Gasteiger partial charge in [0.15, 0.2) is 0 Å². The molecule has 8 heteroatoms. The van der Waals surface area contributed by atoms with Crippen LogP contribution in [0.15, 0.2) is 27.6 Å². The first-order valence-electron chi connectivity index (χ1n) is 4.55. The normalized spacial score (nSPS) is 11.7. The van der Waals surface area contributed by atoms with Gasteiger partial charge in [-0.15, -0.1) is 0 Å². The zero-order valence-corrected chi connectivity index (χ0v) is 11.3. The van der Waals surface area contributed by atoms with Gasteiger partial charge in [0, 0.05) is 7.11 Å². The van der Waals surface area contributed by atoms with Crippen molar-refractivity contribution in [2.75, 3.05) is 20.3 Å². The van der Waals surface area contributed by atoms with Crippen LogP contribution in [-0.4, -0.2) is 28.7 Å². The maximum atomic E-state index is 13.2. The highest BCUT2D eigenvalue weighted by Gasteiger charge is 2.15. The van der Waals surface area contributed by atoms with Crippen molar-refractivity contribution < 1.29 is 22.4 Å². The minimum absolute atomic E-state index is 0.0642. The van der Waals surface area contributed by atoms with Gasteiger partial charge < -0.3 is 4.74 Å². The van der Waals surface area contributed by atoms with E-state index in [9.17, 15) is 12.8 Å². The van der Waals surface area contributed by atoms with Crippen LogP contribution in [0, 0.1) is 5.82 Å². The van der Waals surface area contributed by atoms with Gasteiger partial charge in [0.1, 0.15) is 5.82 Å². The summed E-state index contributed by atoms with van der Waals surface area (Å²) < 4.78 is 41.2.